The molecule has 0 fully saturated rings. The summed E-state index contributed by atoms with van der Waals surface area (Å²) in [6, 6.07) is 0. The van der Waals surface area contributed by atoms with Crippen LogP contribution in [0.25, 0.3) is 11.0 Å². The van der Waals surface area contributed by atoms with Crippen molar-refractivity contribution in [2.45, 2.75) is 0 Å². The van der Waals surface area contributed by atoms with Gasteiger partial charge in [0.15, 0.2) is 0 Å². The molecule has 6 heteroatoms. The second kappa shape index (κ2) is 3.72. The molecule has 0 aromatic carbocycles. The van der Waals surface area contributed by atoms with Gasteiger partial charge < -0.3 is 27.2 Å². The first-order chi connectivity index (χ1) is 3.66. The van der Waals surface area contributed by atoms with Crippen molar-refractivity contribution in [1.82, 2.24) is 10.4 Å². The molecule has 0 atom stereocenters. The van der Waals surface area contributed by atoms with Crippen LogP contribution < -0.4 is 5.84 Å². The Morgan fingerprint density at radius 3 is 2.25 bits per heavy atom. The molecule has 0 aliphatic heterocycles. The molecule has 0 aromatic heterocycles. The number of hydrazine groups is 1. The number of hydroxylamine groups is 1. The van der Waals surface area contributed by atoms with Crippen LogP contribution in [0.1, 0.15) is 0 Å². The molecule has 0 aliphatic carbocycles. The highest BCUT2D eigenvalue weighted by atomic mass is 16.6. The first kappa shape index (κ1) is 7.76. The SMILES string of the molecule is C[N-]N(N)[N-]N(C)O. The zero-order valence-electron chi connectivity index (χ0n) is 4.81. The van der Waals surface area contributed by atoms with Crippen molar-refractivity contribution in [3.63, 3.8) is 0 Å². The van der Waals surface area contributed by atoms with E-state index in [-0.39, 0.29) is 0 Å². The smallest absolute Gasteiger partial charge is 0.00688 e. The summed E-state index contributed by atoms with van der Waals surface area (Å²) < 4.78 is 0. The van der Waals surface area contributed by atoms with E-state index in [1.807, 2.05) is 0 Å². The molecule has 0 amide bonds. The van der Waals surface area contributed by atoms with Crippen molar-refractivity contribution in [3.05, 3.63) is 11.0 Å². The molecule has 0 aliphatic rings. The lowest BCUT2D eigenvalue weighted by Gasteiger charge is -2.46. The van der Waals surface area contributed by atoms with E-state index in [0.29, 0.717) is 5.17 Å². The minimum absolute atomic E-state index is 0.562. The fourth-order valence-corrected chi connectivity index (χ4v) is 0.173. The second-order valence-corrected chi connectivity index (χ2v) is 1.10. The molecule has 0 heterocycles. The molecule has 0 aromatic rings. The van der Waals surface area contributed by atoms with Gasteiger partial charge in [0.05, 0.1) is 0 Å². The maximum absolute atomic E-state index is 8.34. The van der Waals surface area contributed by atoms with Crippen molar-refractivity contribution >= 4 is 0 Å². The Labute approximate surface area is 47.7 Å². The summed E-state index contributed by atoms with van der Waals surface area (Å²) in [4.78, 5) is 0. The minimum atomic E-state index is 0.562. The molecule has 0 saturated carbocycles. The number of nitrogens with two attached hydrogens (primary N) is 1. The van der Waals surface area contributed by atoms with Gasteiger partial charge in [0, 0.05) is 0 Å². The highest BCUT2D eigenvalue weighted by Gasteiger charge is 1.67. The highest BCUT2D eigenvalue weighted by molar-refractivity contribution is 4.69. The van der Waals surface area contributed by atoms with Crippen molar-refractivity contribution in [2.75, 3.05) is 14.1 Å². The summed E-state index contributed by atoms with van der Waals surface area (Å²) in [6.07, 6.45) is 0. The molecule has 8 heavy (non-hydrogen) atoms. The van der Waals surface area contributed by atoms with Gasteiger partial charge in [-0.15, -0.1) is 0 Å². The van der Waals surface area contributed by atoms with Gasteiger partial charge in [-0.1, -0.05) is 0 Å². The molecule has 0 spiro atoms. The number of nitrogens with zero attached hydrogens (tertiary/aromatic N) is 4. The highest BCUT2D eigenvalue weighted by Crippen LogP contribution is 1.95. The molecule has 0 rings (SSSR count). The maximum Gasteiger partial charge on any atom is -0.00688 e. The van der Waals surface area contributed by atoms with Gasteiger partial charge in [0.25, 0.3) is 0 Å². The Morgan fingerprint density at radius 2 is 2.12 bits per heavy atom. The fourth-order valence-electron chi connectivity index (χ4n) is 0.173. The first-order valence-corrected chi connectivity index (χ1v) is 1.95. The van der Waals surface area contributed by atoms with Gasteiger partial charge >= 0.3 is 0 Å². The van der Waals surface area contributed by atoms with Gasteiger partial charge in [0.1, 0.15) is 0 Å². The molecule has 6 nitrogen and oxygen atoms in total. The van der Waals surface area contributed by atoms with Crippen molar-refractivity contribution in [2.24, 2.45) is 5.84 Å². The van der Waals surface area contributed by atoms with Crippen LogP contribution in [-0.4, -0.2) is 29.7 Å². The predicted molar refractivity (Wildman–Crippen MR) is 28.2 cm³/mol. The third-order valence-corrected chi connectivity index (χ3v) is 0.426. The van der Waals surface area contributed by atoms with E-state index < -0.39 is 0 Å². The van der Waals surface area contributed by atoms with E-state index in [1.54, 1.807) is 0 Å². The average molecular weight is 119 g/mol. The van der Waals surface area contributed by atoms with Crippen LogP contribution in [0.3, 0.4) is 0 Å². The Morgan fingerprint density at radius 1 is 1.62 bits per heavy atom. The Bertz CT molecular complexity index is 56.4. The van der Waals surface area contributed by atoms with Gasteiger partial charge in [0.2, 0.25) is 0 Å². The Balaban J connectivity index is 3.10. The number of hydrogen-bond acceptors (Lipinski definition) is 4. The number of hydrogen-bond donors (Lipinski definition) is 2. The Kier molecular flexibility index (Phi) is 3.61. The summed E-state index contributed by atoms with van der Waals surface area (Å²) in [6.45, 7) is 0. The zero-order chi connectivity index (χ0) is 6.57. The monoisotopic (exact) mass is 119 g/mol. The van der Waals surface area contributed by atoms with Gasteiger partial charge in [-0.3, -0.25) is 5.17 Å². The van der Waals surface area contributed by atoms with E-state index in [4.69, 9.17) is 11.0 Å². The summed E-state index contributed by atoms with van der Waals surface area (Å²) in [5, 5.41) is 9.65. The van der Waals surface area contributed by atoms with Crippen LogP contribution in [0, 0.1) is 0 Å². The van der Waals surface area contributed by atoms with Gasteiger partial charge in [-0.05, 0) is 7.05 Å². The molecule has 0 bridgehead atoms. The van der Waals surface area contributed by atoms with Crippen molar-refractivity contribution < 1.29 is 5.21 Å². The van der Waals surface area contributed by atoms with E-state index >= 15 is 0 Å². The Hall–Kier alpha value is -0.240. The van der Waals surface area contributed by atoms with E-state index in [0.717, 1.165) is 5.23 Å². The van der Waals surface area contributed by atoms with Crippen LogP contribution in [0.4, 0.5) is 0 Å². The lowest BCUT2D eigenvalue weighted by molar-refractivity contribution is -0.0523. The molecule has 0 saturated heterocycles. The standard InChI is InChI=1S/C2H9N5O/c1-4-7(3)5-6(2)8/h8H,3H2,1-2H3/q-2. The van der Waals surface area contributed by atoms with Crippen LogP contribution in [-0.2, 0) is 0 Å². The normalized spacial score (nSPS) is 11.2. The summed E-state index contributed by atoms with van der Waals surface area (Å²) in [5.74, 6) is 4.97. The third-order valence-electron chi connectivity index (χ3n) is 0.426. The largest absolute Gasteiger partial charge is 0.601 e. The molecule has 0 unspecified atom stereocenters. The summed E-state index contributed by atoms with van der Waals surface area (Å²) in [5.41, 5.74) is 6.60. The molecular formula is C2H9N5O-2. The van der Waals surface area contributed by atoms with Gasteiger partial charge in [-0.25, -0.2) is 0 Å². The summed E-state index contributed by atoms with van der Waals surface area (Å²) in [7, 11) is 2.78. The van der Waals surface area contributed by atoms with Crippen LogP contribution in [0.15, 0.2) is 0 Å². The van der Waals surface area contributed by atoms with E-state index in [2.05, 4.69) is 11.0 Å². The lowest BCUT2D eigenvalue weighted by Crippen LogP contribution is -2.26. The average Bonchev–Trinajstić information content (AvgIpc) is 1.65. The summed E-state index contributed by atoms with van der Waals surface area (Å²) >= 11 is 0. The van der Waals surface area contributed by atoms with E-state index in [9.17, 15) is 0 Å². The zero-order valence-corrected chi connectivity index (χ0v) is 4.81. The quantitative estimate of drug-likeness (QED) is 0.391. The molecule has 3 N–H and O–H groups in total. The fraction of sp³-hybridized carbons (Fsp3) is 1.00. The van der Waals surface area contributed by atoms with Crippen LogP contribution in [0.2, 0.25) is 0 Å². The molecular weight excluding hydrogens is 110 g/mol. The van der Waals surface area contributed by atoms with Crippen LogP contribution >= 0.6 is 0 Å². The predicted octanol–water partition coefficient (Wildman–Crippen LogP) is -0.395. The van der Waals surface area contributed by atoms with Crippen LogP contribution in [0.5, 0.6) is 0 Å². The topological polar surface area (TPSA) is 80.9 Å². The van der Waals surface area contributed by atoms with Crippen molar-refractivity contribution in [3.8, 4) is 0 Å². The second-order valence-electron chi connectivity index (χ2n) is 1.10. The van der Waals surface area contributed by atoms with Crippen molar-refractivity contribution in [1.29, 1.82) is 0 Å². The maximum atomic E-state index is 8.34. The first-order valence-electron chi connectivity index (χ1n) is 1.95. The van der Waals surface area contributed by atoms with E-state index in [1.165, 1.54) is 14.1 Å². The lowest BCUT2D eigenvalue weighted by atomic mass is 11.4. The molecule has 50 valence electrons. The molecule has 0 radical (unpaired) electrons. The third kappa shape index (κ3) is 3.93. The minimum Gasteiger partial charge on any atom is -0.601 e. The number of rotatable bonds is 3. The van der Waals surface area contributed by atoms with Gasteiger partial charge in [-0.2, -0.15) is 7.05 Å².